The maximum Gasteiger partial charge on any atom is 0.339 e. The molecule has 0 aliphatic carbocycles. The topological polar surface area (TPSA) is 111 Å². The third-order valence-corrected chi connectivity index (χ3v) is 7.11. The summed E-state index contributed by atoms with van der Waals surface area (Å²) >= 11 is 6.80. The van der Waals surface area contributed by atoms with Gasteiger partial charge >= 0.3 is 5.97 Å². The summed E-state index contributed by atoms with van der Waals surface area (Å²) in [6.45, 7) is 1.74. The number of rotatable bonds is 11. The van der Waals surface area contributed by atoms with Gasteiger partial charge in [-0.05, 0) is 77.9 Å². The van der Waals surface area contributed by atoms with Gasteiger partial charge in [0.25, 0.3) is 11.1 Å². The largest absolute Gasteiger partial charge is 0.493 e. The molecule has 1 N–H and O–H groups in total. The average Bonchev–Trinajstić information content (AvgIpc) is 3.23. The van der Waals surface area contributed by atoms with Crippen molar-refractivity contribution in [1.29, 1.82) is 0 Å². The van der Waals surface area contributed by atoms with E-state index in [-0.39, 0.29) is 40.2 Å². The molecule has 0 atom stereocenters. The molecular weight excluding hydrogens is 587 g/mol. The smallest absolute Gasteiger partial charge is 0.339 e. The zero-order chi connectivity index (χ0) is 30.2. The standard InChI is InChI=1S/C30H26ClFN2O7S/c1-3-12-40-29(37)22-15-21(9-10-23(22)31)33-27(35)16-34-28(36)26(42-30(34)38)14-19-6-11-24(25(13-19)39-2)41-17-18-4-7-20(32)8-5-18/h4-11,13-15H,3,12,16-17H2,1-2H3,(H,33,35)/b26-14-. The van der Waals surface area contributed by atoms with Crippen molar-refractivity contribution in [2.75, 3.05) is 25.6 Å². The molecule has 1 heterocycles. The number of ether oxygens (including phenoxy) is 3. The van der Waals surface area contributed by atoms with Crippen LogP contribution in [0, 0.1) is 5.82 Å². The minimum atomic E-state index is -0.641. The lowest BCUT2D eigenvalue weighted by molar-refractivity contribution is -0.127. The zero-order valence-corrected chi connectivity index (χ0v) is 24.2. The van der Waals surface area contributed by atoms with Crippen LogP contribution in [0.15, 0.2) is 65.6 Å². The fraction of sp³-hybridized carbons (Fsp3) is 0.200. The van der Waals surface area contributed by atoms with Gasteiger partial charge in [0.15, 0.2) is 11.5 Å². The van der Waals surface area contributed by atoms with Crippen LogP contribution in [0.2, 0.25) is 5.02 Å². The molecule has 3 aromatic carbocycles. The minimum absolute atomic E-state index is 0.0827. The Morgan fingerprint density at radius 1 is 1.05 bits per heavy atom. The van der Waals surface area contributed by atoms with Crippen LogP contribution in [0.3, 0.4) is 0 Å². The molecule has 1 aliphatic rings. The van der Waals surface area contributed by atoms with E-state index >= 15 is 0 Å². The minimum Gasteiger partial charge on any atom is -0.493 e. The van der Waals surface area contributed by atoms with E-state index in [1.807, 2.05) is 6.92 Å². The van der Waals surface area contributed by atoms with Crippen molar-refractivity contribution >= 4 is 58.1 Å². The predicted octanol–water partition coefficient (Wildman–Crippen LogP) is 6.31. The monoisotopic (exact) mass is 612 g/mol. The van der Waals surface area contributed by atoms with Crippen LogP contribution in [-0.4, -0.2) is 48.2 Å². The maximum atomic E-state index is 13.1. The fourth-order valence-corrected chi connectivity index (χ4v) is 4.83. The number of amides is 3. The summed E-state index contributed by atoms with van der Waals surface area (Å²) in [5.41, 5.74) is 1.68. The summed E-state index contributed by atoms with van der Waals surface area (Å²) in [6, 6.07) is 15.2. The van der Waals surface area contributed by atoms with Crippen molar-refractivity contribution in [1.82, 2.24) is 4.90 Å². The number of imide groups is 1. The van der Waals surface area contributed by atoms with Gasteiger partial charge in [0, 0.05) is 5.69 Å². The molecule has 42 heavy (non-hydrogen) atoms. The van der Waals surface area contributed by atoms with Gasteiger partial charge in [-0.3, -0.25) is 19.3 Å². The van der Waals surface area contributed by atoms with Gasteiger partial charge in [0.2, 0.25) is 5.91 Å². The van der Waals surface area contributed by atoms with Gasteiger partial charge in [0.05, 0.1) is 29.2 Å². The summed E-state index contributed by atoms with van der Waals surface area (Å²) < 4.78 is 29.4. The summed E-state index contributed by atoms with van der Waals surface area (Å²) in [4.78, 5) is 51.4. The molecule has 0 unspecified atom stereocenters. The first kappa shape index (κ1) is 30.6. The lowest BCUT2D eigenvalue weighted by Gasteiger charge is -2.13. The number of hydrogen-bond acceptors (Lipinski definition) is 8. The number of hydrogen-bond donors (Lipinski definition) is 1. The highest BCUT2D eigenvalue weighted by atomic mass is 35.5. The van der Waals surface area contributed by atoms with Gasteiger partial charge in [0.1, 0.15) is 19.0 Å². The summed E-state index contributed by atoms with van der Waals surface area (Å²) in [5, 5.41) is 2.13. The number of halogens is 2. The molecular formula is C30H26ClFN2O7S. The van der Waals surface area contributed by atoms with E-state index in [1.54, 1.807) is 30.3 Å². The number of esters is 1. The Bertz CT molecular complexity index is 1550. The first-order valence-electron chi connectivity index (χ1n) is 12.8. The number of benzene rings is 3. The fourth-order valence-electron chi connectivity index (χ4n) is 3.80. The van der Waals surface area contributed by atoms with Gasteiger partial charge in [-0.1, -0.05) is 36.7 Å². The molecule has 0 saturated carbocycles. The van der Waals surface area contributed by atoms with E-state index in [9.17, 15) is 23.6 Å². The molecule has 9 nitrogen and oxygen atoms in total. The summed E-state index contributed by atoms with van der Waals surface area (Å²) in [5.74, 6) is -1.41. The predicted molar refractivity (Wildman–Crippen MR) is 157 cm³/mol. The van der Waals surface area contributed by atoms with Crippen molar-refractivity contribution in [3.63, 3.8) is 0 Å². The van der Waals surface area contributed by atoms with E-state index in [4.69, 9.17) is 25.8 Å². The van der Waals surface area contributed by atoms with E-state index in [1.165, 1.54) is 43.5 Å². The van der Waals surface area contributed by atoms with Gasteiger partial charge in [-0.25, -0.2) is 9.18 Å². The molecule has 1 aliphatic heterocycles. The molecule has 1 fully saturated rings. The second-order valence-electron chi connectivity index (χ2n) is 8.97. The van der Waals surface area contributed by atoms with Crippen LogP contribution in [0.4, 0.5) is 14.9 Å². The van der Waals surface area contributed by atoms with Crippen molar-refractivity contribution in [2.24, 2.45) is 0 Å². The lowest BCUT2D eigenvalue weighted by atomic mass is 10.1. The Morgan fingerprint density at radius 2 is 1.81 bits per heavy atom. The van der Waals surface area contributed by atoms with Gasteiger partial charge in [-0.2, -0.15) is 0 Å². The summed E-state index contributed by atoms with van der Waals surface area (Å²) in [6.07, 6.45) is 2.15. The number of nitrogens with one attached hydrogen (secondary N) is 1. The number of anilines is 1. The highest BCUT2D eigenvalue weighted by molar-refractivity contribution is 8.18. The molecule has 0 radical (unpaired) electrons. The van der Waals surface area contributed by atoms with Crippen molar-refractivity contribution < 1.29 is 37.8 Å². The van der Waals surface area contributed by atoms with Crippen LogP contribution in [0.1, 0.15) is 34.8 Å². The third kappa shape index (κ3) is 7.68. The molecule has 1 saturated heterocycles. The normalized spacial score (nSPS) is 13.8. The maximum absolute atomic E-state index is 13.1. The quantitative estimate of drug-likeness (QED) is 0.198. The molecule has 218 valence electrons. The molecule has 0 bridgehead atoms. The Morgan fingerprint density at radius 3 is 2.52 bits per heavy atom. The number of methoxy groups -OCH3 is 1. The number of thioether (sulfide) groups is 1. The van der Waals surface area contributed by atoms with Crippen molar-refractivity contribution in [3.05, 3.63) is 93.1 Å². The van der Waals surface area contributed by atoms with Crippen LogP contribution in [0.25, 0.3) is 6.08 Å². The first-order chi connectivity index (χ1) is 20.2. The third-order valence-electron chi connectivity index (χ3n) is 5.88. The van der Waals surface area contributed by atoms with Gasteiger partial charge < -0.3 is 19.5 Å². The molecule has 3 amide bonds. The number of nitrogens with zero attached hydrogens (tertiary/aromatic N) is 1. The number of carbonyl (C=O) groups is 4. The molecule has 12 heteroatoms. The Balaban J connectivity index is 1.40. The van der Waals surface area contributed by atoms with E-state index in [2.05, 4.69) is 5.32 Å². The van der Waals surface area contributed by atoms with Crippen LogP contribution in [-0.2, 0) is 20.9 Å². The summed E-state index contributed by atoms with van der Waals surface area (Å²) in [7, 11) is 1.47. The molecule has 4 rings (SSSR count). The highest BCUT2D eigenvalue weighted by Crippen LogP contribution is 2.35. The van der Waals surface area contributed by atoms with Crippen molar-refractivity contribution in [2.45, 2.75) is 20.0 Å². The van der Waals surface area contributed by atoms with E-state index < -0.39 is 29.6 Å². The van der Waals surface area contributed by atoms with E-state index in [0.29, 0.717) is 35.2 Å². The Kier molecular flexibility index (Phi) is 10.2. The SMILES string of the molecule is CCCOC(=O)c1cc(NC(=O)CN2C(=O)S/C(=C\c3ccc(OCc4ccc(F)cc4)c(OC)c3)C2=O)ccc1Cl. The Hall–Kier alpha value is -4.35. The van der Waals surface area contributed by atoms with Crippen LogP contribution >= 0.6 is 23.4 Å². The lowest BCUT2D eigenvalue weighted by Crippen LogP contribution is -2.36. The average molecular weight is 613 g/mol. The highest BCUT2D eigenvalue weighted by Gasteiger charge is 2.36. The second kappa shape index (κ2) is 14.0. The Labute approximate surface area is 250 Å². The van der Waals surface area contributed by atoms with E-state index in [0.717, 1.165) is 10.5 Å². The molecule has 0 spiro atoms. The van der Waals surface area contributed by atoms with Crippen LogP contribution in [0.5, 0.6) is 11.5 Å². The molecule has 3 aromatic rings. The zero-order valence-electron chi connectivity index (χ0n) is 22.6. The first-order valence-corrected chi connectivity index (χ1v) is 13.9. The number of carbonyl (C=O) groups excluding carboxylic acids is 4. The van der Waals surface area contributed by atoms with Gasteiger partial charge in [-0.15, -0.1) is 0 Å². The molecule has 0 aromatic heterocycles. The van der Waals surface area contributed by atoms with Crippen molar-refractivity contribution in [3.8, 4) is 11.5 Å². The second-order valence-corrected chi connectivity index (χ2v) is 10.4. The van der Waals surface area contributed by atoms with Crippen LogP contribution < -0.4 is 14.8 Å².